The van der Waals surface area contributed by atoms with Gasteiger partial charge in [-0.15, -0.1) is 0 Å². The van der Waals surface area contributed by atoms with E-state index in [-0.39, 0.29) is 6.61 Å². The third-order valence-electron chi connectivity index (χ3n) is 3.98. The SMILES string of the molecule is COCCN(CCOC)c1ccc(N)c(-c2ccc(CO)cc2)c1. The molecule has 0 heterocycles. The summed E-state index contributed by atoms with van der Waals surface area (Å²) >= 11 is 0. The van der Waals surface area contributed by atoms with E-state index in [2.05, 4.69) is 11.0 Å². The maximum atomic E-state index is 9.18. The standard InChI is InChI=1S/C19H26N2O3/c1-23-11-9-21(10-12-24-2)17-7-8-19(20)18(13-17)16-5-3-15(14-22)4-6-16/h3-8,13,22H,9-12,14,20H2,1-2H3. The van der Waals surface area contributed by atoms with Gasteiger partial charge in [0.2, 0.25) is 0 Å². The minimum Gasteiger partial charge on any atom is -0.398 e. The lowest BCUT2D eigenvalue weighted by Crippen LogP contribution is -2.30. The molecule has 0 aliphatic rings. The Morgan fingerprint density at radius 2 is 1.58 bits per heavy atom. The minimum atomic E-state index is 0.0393. The van der Waals surface area contributed by atoms with E-state index in [4.69, 9.17) is 15.2 Å². The molecule has 5 heteroatoms. The highest BCUT2D eigenvalue weighted by atomic mass is 16.5. The van der Waals surface area contributed by atoms with Crippen molar-refractivity contribution in [3.63, 3.8) is 0 Å². The number of benzene rings is 2. The van der Waals surface area contributed by atoms with Crippen molar-refractivity contribution in [1.29, 1.82) is 0 Å². The van der Waals surface area contributed by atoms with Crippen molar-refractivity contribution in [2.45, 2.75) is 6.61 Å². The molecule has 0 aromatic heterocycles. The third kappa shape index (κ3) is 4.71. The zero-order valence-electron chi connectivity index (χ0n) is 14.4. The normalized spacial score (nSPS) is 10.8. The molecule has 0 unspecified atom stereocenters. The van der Waals surface area contributed by atoms with Gasteiger partial charge < -0.3 is 25.2 Å². The number of anilines is 2. The quantitative estimate of drug-likeness (QED) is 0.692. The smallest absolute Gasteiger partial charge is 0.0681 e. The van der Waals surface area contributed by atoms with Crippen LogP contribution in [0.2, 0.25) is 0 Å². The number of nitrogens with zero attached hydrogens (tertiary/aromatic N) is 1. The molecule has 0 aliphatic carbocycles. The molecule has 2 aromatic rings. The first kappa shape index (κ1) is 18.3. The molecule has 0 saturated heterocycles. The average molecular weight is 330 g/mol. The lowest BCUT2D eigenvalue weighted by Gasteiger charge is -2.25. The summed E-state index contributed by atoms with van der Waals surface area (Å²) in [5.74, 6) is 0. The molecule has 0 atom stereocenters. The molecule has 130 valence electrons. The van der Waals surface area contributed by atoms with E-state index in [9.17, 15) is 5.11 Å². The summed E-state index contributed by atoms with van der Waals surface area (Å²) in [6.07, 6.45) is 0. The van der Waals surface area contributed by atoms with Crippen molar-refractivity contribution in [1.82, 2.24) is 0 Å². The van der Waals surface area contributed by atoms with Crippen molar-refractivity contribution in [2.75, 3.05) is 51.2 Å². The number of hydrogen-bond donors (Lipinski definition) is 2. The largest absolute Gasteiger partial charge is 0.398 e. The second-order valence-corrected chi connectivity index (χ2v) is 5.60. The second-order valence-electron chi connectivity index (χ2n) is 5.60. The average Bonchev–Trinajstić information content (AvgIpc) is 2.63. The van der Waals surface area contributed by atoms with E-state index in [1.165, 1.54) is 0 Å². The number of aliphatic hydroxyl groups excluding tert-OH is 1. The number of methoxy groups -OCH3 is 2. The van der Waals surface area contributed by atoms with Crippen molar-refractivity contribution in [3.8, 4) is 11.1 Å². The van der Waals surface area contributed by atoms with Crippen LogP contribution in [-0.4, -0.2) is 45.6 Å². The molecule has 2 aromatic carbocycles. The first-order valence-electron chi connectivity index (χ1n) is 8.02. The Kier molecular flexibility index (Phi) is 7.06. The van der Waals surface area contributed by atoms with Crippen LogP contribution >= 0.6 is 0 Å². The topological polar surface area (TPSA) is 68.0 Å². The van der Waals surface area contributed by atoms with Crippen molar-refractivity contribution in [3.05, 3.63) is 48.0 Å². The first-order chi connectivity index (χ1) is 11.7. The van der Waals surface area contributed by atoms with Crippen molar-refractivity contribution in [2.24, 2.45) is 0 Å². The Morgan fingerprint density at radius 3 is 2.12 bits per heavy atom. The van der Waals surface area contributed by atoms with Crippen LogP contribution in [0.25, 0.3) is 11.1 Å². The van der Waals surface area contributed by atoms with Gasteiger partial charge in [-0.05, 0) is 29.3 Å². The van der Waals surface area contributed by atoms with Crippen molar-refractivity contribution >= 4 is 11.4 Å². The molecule has 3 N–H and O–H groups in total. The Labute approximate surface area is 143 Å². The molecule has 0 amide bonds. The van der Waals surface area contributed by atoms with Crippen LogP contribution in [0, 0.1) is 0 Å². The molecule has 0 spiro atoms. The van der Waals surface area contributed by atoms with Gasteiger partial charge in [0.05, 0.1) is 19.8 Å². The van der Waals surface area contributed by atoms with Gasteiger partial charge in [0, 0.05) is 44.2 Å². The number of nitrogen functional groups attached to an aromatic ring is 1. The Hall–Kier alpha value is -2.08. The highest BCUT2D eigenvalue weighted by Crippen LogP contribution is 2.30. The summed E-state index contributed by atoms with van der Waals surface area (Å²) in [5.41, 5.74) is 10.9. The predicted molar refractivity (Wildman–Crippen MR) is 98.2 cm³/mol. The highest BCUT2D eigenvalue weighted by Gasteiger charge is 2.10. The van der Waals surface area contributed by atoms with Crippen LogP contribution in [0.3, 0.4) is 0 Å². The van der Waals surface area contributed by atoms with E-state index in [0.717, 1.165) is 41.2 Å². The van der Waals surface area contributed by atoms with Crippen LogP contribution in [0.5, 0.6) is 0 Å². The van der Waals surface area contributed by atoms with E-state index in [1.807, 2.05) is 36.4 Å². The molecule has 0 bridgehead atoms. The Balaban J connectivity index is 2.30. The van der Waals surface area contributed by atoms with Crippen LogP contribution in [0.1, 0.15) is 5.56 Å². The van der Waals surface area contributed by atoms with Gasteiger partial charge in [0.15, 0.2) is 0 Å². The number of rotatable bonds is 9. The summed E-state index contributed by atoms with van der Waals surface area (Å²) in [6, 6.07) is 13.8. The number of nitrogens with two attached hydrogens (primary N) is 1. The Bertz CT molecular complexity index is 621. The van der Waals surface area contributed by atoms with Gasteiger partial charge in [-0.25, -0.2) is 0 Å². The molecule has 5 nitrogen and oxygen atoms in total. The fraction of sp³-hybridized carbons (Fsp3) is 0.368. The van der Waals surface area contributed by atoms with Gasteiger partial charge in [-0.2, -0.15) is 0 Å². The Morgan fingerprint density at radius 1 is 0.958 bits per heavy atom. The molecule has 0 saturated carbocycles. The monoisotopic (exact) mass is 330 g/mol. The third-order valence-corrected chi connectivity index (χ3v) is 3.98. The summed E-state index contributed by atoms with van der Waals surface area (Å²) in [6.45, 7) is 2.90. The maximum Gasteiger partial charge on any atom is 0.0681 e. The highest BCUT2D eigenvalue weighted by molar-refractivity contribution is 5.80. The number of aliphatic hydroxyl groups is 1. The summed E-state index contributed by atoms with van der Waals surface area (Å²) in [4.78, 5) is 2.22. The van der Waals surface area contributed by atoms with Gasteiger partial charge in [-0.1, -0.05) is 24.3 Å². The summed E-state index contributed by atoms with van der Waals surface area (Å²) in [5, 5.41) is 9.18. The van der Waals surface area contributed by atoms with Crippen LogP contribution in [0.15, 0.2) is 42.5 Å². The molecular formula is C19H26N2O3. The molecular weight excluding hydrogens is 304 g/mol. The van der Waals surface area contributed by atoms with Gasteiger partial charge in [0.25, 0.3) is 0 Å². The molecule has 0 aliphatic heterocycles. The zero-order valence-corrected chi connectivity index (χ0v) is 14.4. The fourth-order valence-corrected chi connectivity index (χ4v) is 2.55. The molecule has 2 rings (SSSR count). The van der Waals surface area contributed by atoms with Gasteiger partial charge in [-0.3, -0.25) is 0 Å². The van der Waals surface area contributed by atoms with Gasteiger partial charge >= 0.3 is 0 Å². The summed E-state index contributed by atoms with van der Waals surface area (Å²) < 4.78 is 10.4. The number of hydrogen-bond acceptors (Lipinski definition) is 5. The number of ether oxygens (including phenoxy) is 2. The lowest BCUT2D eigenvalue weighted by molar-refractivity contribution is 0.190. The maximum absolute atomic E-state index is 9.18. The van der Waals surface area contributed by atoms with E-state index in [0.29, 0.717) is 13.2 Å². The van der Waals surface area contributed by atoms with Crippen LogP contribution in [0.4, 0.5) is 11.4 Å². The van der Waals surface area contributed by atoms with Gasteiger partial charge in [0.1, 0.15) is 0 Å². The molecule has 24 heavy (non-hydrogen) atoms. The summed E-state index contributed by atoms with van der Waals surface area (Å²) in [7, 11) is 3.40. The van der Waals surface area contributed by atoms with Crippen LogP contribution < -0.4 is 10.6 Å². The minimum absolute atomic E-state index is 0.0393. The van der Waals surface area contributed by atoms with Crippen molar-refractivity contribution < 1.29 is 14.6 Å². The predicted octanol–water partition coefficient (Wildman–Crippen LogP) is 2.53. The fourth-order valence-electron chi connectivity index (χ4n) is 2.55. The van der Waals surface area contributed by atoms with Crippen LogP contribution in [-0.2, 0) is 16.1 Å². The lowest BCUT2D eigenvalue weighted by atomic mass is 10.0. The molecule has 0 radical (unpaired) electrons. The van der Waals surface area contributed by atoms with E-state index < -0.39 is 0 Å². The second kappa shape index (κ2) is 9.27. The molecule has 0 fully saturated rings. The van der Waals surface area contributed by atoms with E-state index in [1.54, 1.807) is 14.2 Å². The first-order valence-corrected chi connectivity index (χ1v) is 8.02. The zero-order chi connectivity index (χ0) is 17.4. The van der Waals surface area contributed by atoms with E-state index >= 15 is 0 Å².